The highest BCUT2D eigenvalue weighted by Gasteiger charge is 2.12. The summed E-state index contributed by atoms with van der Waals surface area (Å²) in [6.45, 7) is 2.80. The lowest BCUT2D eigenvalue weighted by molar-refractivity contribution is 0.675. The van der Waals surface area contributed by atoms with Crippen molar-refractivity contribution >= 4 is 28.3 Å². The van der Waals surface area contributed by atoms with Gasteiger partial charge < -0.3 is 0 Å². The Labute approximate surface area is 125 Å². The molecule has 0 saturated heterocycles. The lowest BCUT2D eigenvalue weighted by Gasteiger charge is -1.96. The maximum atomic E-state index is 5.91. The van der Waals surface area contributed by atoms with Crippen molar-refractivity contribution in [3.05, 3.63) is 41.8 Å². The molecule has 1 aromatic carbocycles. The molecule has 0 saturated carbocycles. The fourth-order valence-electron chi connectivity index (χ4n) is 2.32. The summed E-state index contributed by atoms with van der Waals surface area (Å²) in [7, 11) is 0. The SMILES string of the molecule is CCn1ncc2c1ncn1nc(-c3ccc(Cl)cc3)nc21. The lowest BCUT2D eigenvalue weighted by Crippen LogP contribution is -1.98. The average molecular weight is 299 g/mol. The Bertz CT molecular complexity index is 937. The second-order valence-electron chi connectivity index (χ2n) is 4.65. The van der Waals surface area contributed by atoms with E-state index in [2.05, 4.69) is 20.2 Å². The van der Waals surface area contributed by atoms with Gasteiger partial charge in [-0.15, -0.1) is 5.10 Å². The molecule has 0 aliphatic heterocycles. The van der Waals surface area contributed by atoms with Gasteiger partial charge in [0.15, 0.2) is 17.1 Å². The summed E-state index contributed by atoms with van der Waals surface area (Å²) in [6, 6.07) is 7.45. The van der Waals surface area contributed by atoms with Crippen molar-refractivity contribution < 1.29 is 0 Å². The minimum Gasteiger partial charge on any atom is -0.247 e. The molecule has 0 bridgehead atoms. The van der Waals surface area contributed by atoms with Crippen molar-refractivity contribution in [2.45, 2.75) is 13.5 Å². The van der Waals surface area contributed by atoms with Gasteiger partial charge in [-0.05, 0) is 31.2 Å². The summed E-state index contributed by atoms with van der Waals surface area (Å²) in [4.78, 5) is 9.00. The molecule has 0 atom stereocenters. The molecule has 21 heavy (non-hydrogen) atoms. The highest BCUT2D eigenvalue weighted by molar-refractivity contribution is 6.30. The van der Waals surface area contributed by atoms with Gasteiger partial charge in [-0.3, -0.25) is 0 Å². The third-order valence-corrected chi connectivity index (χ3v) is 3.63. The summed E-state index contributed by atoms with van der Waals surface area (Å²) in [5, 5.41) is 10.4. The van der Waals surface area contributed by atoms with E-state index in [0.29, 0.717) is 10.8 Å². The van der Waals surface area contributed by atoms with Gasteiger partial charge >= 0.3 is 0 Å². The maximum absolute atomic E-state index is 5.91. The monoisotopic (exact) mass is 298 g/mol. The van der Waals surface area contributed by atoms with E-state index < -0.39 is 0 Å². The van der Waals surface area contributed by atoms with Crippen LogP contribution in [-0.2, 0) is 6.54 Å². The minimum absolute atomic E-state index is 0.644. The molecule has 104 valence electrons. The van der Waals surface area contributed by atoms with E-state index in [9.17, 15) is 0 Å². The number of halogens is 1. The molecule has 6 nitrogen and oxygen atoms in total. The first-order chi connectivity index (χ1) is 10.3. The zero-order chi connectivity index (χ0) is 14.4. The van der Waals surface area contributed by atoms with Crippen molar-refractivity contribution in [2.24, 2.45) is 0 Å². The number of fused-ring (bicyclic) bond motifs is 3. The van der Waals surface area contributed by atoms with Gasteiger partial charge in [0.2, 0.25) is 0 Å². The van der Waals surface area contributed by atoms with E-state index in [1.165, 1.54) is 0 Å². The molecular formula is C14H11ClN6. The Hall–Kier alpha value is -2.47. The Morgan fingerprint density at radius 3 is 2.71 bits per heavy atom. The summed E-state index contributed by atoms with van der Waals surface area (Å²) in [6.07, 6.45) is 3.44. The van der Waals surface area contributed by atoms with Crippen LogP contribution < -0.4 is 0 Å². The highest BCUT2D eigenvalue weighted by Crippen LogP contribution is 2.22. The molecule has 4 aromatic rings. The summed E-state index contributed by atoms with van der Waals surface area (Å²) < 4.78 is 3.51. The van der Waals surface area contributed by atoms with Crippen LogP contribution in [-0.4, -0.2) is 29.4 Å². The van der Waals surface area contributed by atoms with Crippen LogP contribution in [0.15, 0.2) is 36.8 Å². The van der Waals surface area contributed by atoms with Crippen LogP contribution in [0.5, 0.6) is 0 Å². The van der Waals surface area contributed by atoms with Gasteiger partial charge in [0.05, 0.1) is 11.6 Å². The number of aromatic nitrogens is 6. The Balaban J connectivity index is 1.95. The second kappa shape index (κ2) is 4.53. The molecule has 0 spiro atoms. The summed E-state index contributed by atoms with van der Waals surface area (Å²) >= 11 is 5.91. The molecule has 0 radical (unpaired) electrons. The third-order valence-electron chi connectivity index (χ3n) is 3.38. The average Bonchev–Trinajstić information content (AvgIpc) is 3.10. The summed E-state index contributed by atoms with van der Waals surface area (Å²) in [5.41, 5.74) is 2.49. The van der Waals surface area contributed by atoms with Gasteiger partial charge in [0.1, 0.15) is 6.33 Å². The molecule has 4 rings (SSSR count). The van der Waals surface area contributed by atoms with Gasteiger partial charge in [-0.1, -0.05) is 11.6 Å². The maximum Gasteiger partial charge on any atom is 0.182 e. The van der Waals surface area contributed by atoms with E-state index in [-0.39, 0.29) is 0 Å². The molecule has 0 aliphatic carbocycles. The number of benzene rings is 1. The first-order valence-corrected chi connectivity index (χ1v) is 6.97. The van der Waals surface area contributed by atoms with Crippen LogP contribution in [0, 0.1) is 0 Å². The quantitative estimate of drug-likeness (QED) is 0.571. The number of aryl methyl sites for hydroxylation is 1. The second-order valence-corrected chi connectivity index (χ2v) is 5.09. The van der Waals surface area contributed by atoms with Crippen molar-refractivity contribution in [3.63, 3.8) is 0 Å². The fourth-order valence-corrected chi connectivity index (χ4v) is 2.45. The molecule has 3 aromatic heterocycles. The van der Waals surface area contributed by atoms with Crippen LogP contribution in [0.25, 0.3) is 28.1 Å². The molecule has 3 heterocycles. The fraction of sp³-hybridized carbons (Fsp3) is 0.143. The van der Waals surface area contributed by atoms with E-state index in [1.54, 1.807) is 17.0 Å². The van der Waals surface area contributed by atoms with Gasteiger partial charge in [0, 0.05) is 17.1 Å². The van der Waals surface area contributed by atoms with Crippen LogP contribution in [0.1, 0.15) is 6.92 Å². The lowest BCUT2D eigenvalue weighted by atomic mass is 10.2. The van der Waals surface area contributed by atoms with E-state index in [4.69, 9.17) is 11.6 Å². The predicted molar refractivity (Wildman–Crippen MR) is 80.2 cm³/mol. The molecule has 0 aliphatic rings. The number of nitrogens with zero attached hydrogens (tertiary/aromatic N) is 6. The van der Waals surface area contributed by atoms with Gasteiger partial charge in [-0.2, -0.15) is 5.10 Å². The number of hydrogen-bond acceptors (Lipinski definition) is 4. The first kappa shape index (κ1) is 12.3. The van der Waals surface area contributed by atoms with Crippen LogP contribution in [0.4, 0.5) is 0 Å². The normalized spacial score (nSPS) is 11.5. The largest absolute Gasteiger partial charge is 0.247 e. The van der Waals surface area contributed by atoms with E-state index >= 15 is 0 Å². The van der Waals surface area contributed by atoms with Gasteiger partial charge in [0.25, 0.3) is 0 Å². The number of hydrogen-bond donors (Lipinski definition) is 0. The van der Waals surface area contributed by atoms with E-state index in [1.807, 2.05) is 35.9 Å². The molecule has 0 fully saturated rings. The molecule has 0 amide bonds. The Morgan fingerprint density at radius 2 is 1.95 bits per heavy atom. The van der Waals surface area contributed by atoms with Gasteiger partial charge in [-0.25, -0.2) is 19.2 Å². The van der Waals surface area contributed by atoms with Crippen molar-refractivity contribution in [1.29, 1.82) is 0 Å². The highest BCUT2D eigenvalue weighted by atomic mass is 35.5. The predicted octanol–water partition coefficient (Wildman–Crippen LogP) is 2.81. The zero-order valence-corrected chi connectivity index (χ0v) is 12.0. The zero-order valence-electron chi connectivity index (χ0n) is 11.2. The molecule has 0 N–H and O–H groups in total. The van der Waals surface area contributed by atoms with Crippen LogP contribution >= 0.6 is 11.6 Å². The van der Waals surface area contributed by atoms with Crippen LogP contribution in [0.3, 0.4) is 0 Å². The topological polar surface area (TPSA) is 60.9 Å². The third kappa shape index (κ3) is 1.87. The summed E-state index contributed by atoms with van der Waals surface area (Å²) in [5.74, 6) is 0.644. The van der Waals surface area contributed by atoms with Crippen molar-refractivity contribution in [2.75, 3.05) is 0 Å². The molecular weight excluding hydrogens is 288 g/mol. The Morgan fingerprint density at radius 1 is 1.14 bits per heavy atom. The van der Waals surface area contributed by atoms with Crippen molar-refractivity contribution in [3.8, 4) is 11.4 Å². The van der Waals surface area contributed by atoms with Crippen molar-refractivity contribution in [1.82, 2.24) is 29.4 Å². The van der Waals surface area contributed by atoms with Crippen LogP contribution in [0.2, 0.25) is 5.02 Å². The Kier molecular flexibility index (Phi) is 2.65. The molecule has 0 unspecified atom stereocenters. The number of rotatable bonds is 2. The smallest absolute Gasteiger partial charge is 0.182 e. The minimum atomic E-state index is 0.644. The molecule has 7 heteroatoms. The first-order valence-electron chi connectivity index (χ1n) is 6.59. The standard InChI is InChI=1S/C14H11ClN6/c1-2-20-13-11(7-17-20)14-18-12(19-21(14)8-16-13)9-3-5-10(15)6-4-9/h3-8H,2H2,1H3. The van der Waals surface area contributed by atoms with E-state index in [0.717, 1.165) is 28.8 Å².